The number of hydrogen-bond donors (Lipinski definition) is 2. The van der Waals surface area contributed by atoms with Crippen molar-refractivity contribution in [2.75, 3.05) is 7.11 Å². The van der Waals surface area contributed by atoms with Crippen molar-refractivity contribution in [3.05, 3.63) is 88.2 Å². The second-order valence-electron chi connectivity index (χ2n) is 6.25. The predicted molar refractivity (Wildman–Crippen MR) is 115 cm³/mol. The fourth-order valence-electron chi connectivity index (χ4n) is 2.62. The maximum absolute atomic E-state index is 12.1. The number of nitrogens with one attached hydrogen (secondary N) is 1. The molecule has 0 fully saturated rings. The van der Waals surface area contributed by atoms with Crippen LogP contribution in [-0.4, -0.2) is 35.3 Å². The molecule has 8 nitrogen and oxygen atoms in total. The molecule has 1 heterocycles. The van der Waals surface area contributed by atoms with E-state index in [1.165, 1.54) is 25.6 Å². The van der Waals surface area contributed by atoms with Crippen LogP contribution < -0.4 is 14.9 Å². The molecule has 0 aliphatic rings. The molecule has 0 aliphatic heterocycles. The molecule has 0 aliphatic carbocycles. The Hall–Kier alpha value is -3.91. The Morgan fingerprint density at radius 1 is 1.16 bits per heavy atom. The van der Waals surface area contributed by atoms with Gasteiger partial charge in [-0.3, -0.25) is 4.79 Å². The summed E-state index contributed by atoms with van der Waals surface area (Å²) in [6.45, 7) is 0.173. The Balaban J connectivity index is 1.65. The Morgan fingerprint density at radius 3 is 2.74 bits per heavy atom. The molecule has 2 aromatic carbocycles. The van der Waals surface area contributed by atoms with Crippen molar-refractivity contribution in [1.82, 2.24) is 10.4 Å². The van der Waals surface area contributed by atoms with Crippen LogP contribution >= 0.6 is 11.6 Å². The number of pyridine rings is 1. The summed E-state index contributed by atoms with van der Waals surface area (Å²) in [6, 6.07) is 14.8. The standard InChI is InChI=1S/C22H18ClN3O5/c1-30-19-11-14(12-25-26-21(27)17-6-3-9-24-20(17)23)7-8-18(19)31-13-15-4-2-5-16(10-15)22(28)29/h2-12H,13H2,1H3,(H,26,27)(H,28,29). The molecule has 31 heavy (non-hydrogen) atoms. The molecule has 0 atom stereocenters. The molecule has 2 N–H and O–H groups in total. The van der Waals surface area contributed by atoms with E-state index in [0.29, 0.717) is 22.6 Å². The number of aromatic nitrogens is 1. The molecule has 3 rings (SSSR count). The highest BCUT2D eigenvalue weighted by Gasteiger charge is 2.10. The highest BCUT2D eigenvalue weighted by molar-refractivity contribution is 6.32. The van der Waals surface area contributed by atoms with Crippen LogP contribution in [0.15, 0.2) is 65.9 Å². The van der Waals surface area contributed by atoms with Crippen molar-refractivity contribution >= 4 is 29.7 Å². The molecule has 0 saturated carbocycles. The average Bonchev–Trinajstić information content (AvgIpc) is 2.78. The quantitative estimate of drug-likeness (QED) is 0.314. The maximum atomic E-state index is 12.1. The molecule has 9 heteroatoms. The van der Waals surface area contributed by atoms with Crippen LogP contribution in [0.4, 0.5) is 0 Å². The lowest BCUT2D eigenvalue weighted by Gasteiger charge is -2.11. The second kappa shape index (κ2) is 10.2. The van der Waals surface area contributed by atoms with Gasteiger partial charge in [-0.25, -0.2) is 15.2 Å². The van der Waals surface area contributed by atoms with Crippen LogP contribution in [0.5, 0.6) is 11.5 Å². The summed E-state index contributed by atoms with van der Waals surface area (Å²) in [6.07, 6.45) is 2.94. The maximum Gasteiger partial charge on any atom is 0.335 e. The lowest BCUT2D eigenvalue weighted by Crippen LogP contribution is -2.18. The van der Waals surface area contributed by atoms with Gasteiger partial charge in [0, 0.05) is 6.20 Å². The zero-order valence-electron chi connectivity index (χ0n) is 16.4. The van der Waals surface area contributed by atoms with E-state index in [2.05, 4.69) is 15.5 Å². The summed E-state index contributed by atoms with van der Waals surface area (Å²) in [5.41, 5.74) is 4.17. The number of benzene rings is 2. The van der Waals surface area contributed by atoms with Gasteiger partial charge in [0.25, 0.3) is 5.91 Å². The van der Waals surface area contributed by atoms with E-state index < -0.39 is 11.9 Å². The number of carboxylic acids is 1. The van der Waals surface area contributed by atoms with E-state index in [1.807, 2.05) is 0 Å². The highest BCUT2D eigenvalue weighted by atomic mass is 35.5. The molecule has 0 radical (unpaired) electrons. The normalized spacial score (nSPS) is 10.6. The minimum absolute atomic E-state index is 0.0901. The number of methoxy groups -OCH3 is 1. The van der Waals surface area contributed by atoms with E-state index in [1.54, 1.807) is 48.5 Å². The monoisotopic (exact) mass is 439 g/mol. The molecular formula is C22H18ClN3O5. The first-order valence-corrected chi connectivity index (χ1v) is 9.42. The Bertz CT molecular complexity index is 1130. The number of rotatable bonds is 8. The summed E-state index contributed by atoms with van der Waals surface area (Å²) in [7, 11) is 1.50. The number of carboxylic acid groups (broad SMARTS) is 1. The zero-order valence-corrected chi connectivity index (χ0v) is 17.2. The predicted octanol–water partition coefficient (Wildman–Crippen LogP) is 3.78. The summed E-state index contributed by atoms with van der Waals surface area (Å²) in [5.74, 6) is -0.544. The summed E-state index contributed by atoms with van der Waals surface area (Å²) in [5, 5.41) is 13.1. The minimum Gasteiger partial charge on any atom is -0.493 e. The molecule has 1 aromatic heterocycles. The van der Waals surface area contributed by atoms with Gasteiger partial charge in [0.1, 0.15) is 11.8 Å². The van der Waals surface area contributed by atoms with E-state index in [0.717, 1.165) is 0 Å². The van der Waals surface area contributed by atoms with Crippen molar-refractivity contribution in [2.45, 2.75) is 6.61 Å². The van der Waals surface area contributed by atoms with Gasteiger partial charge in [-0.15, -0.1) is 0 Å². The van der Waals surface area contributed by atoms with E-state index in [4.69, 9.17) is 26.2 Å². The van der Waals surface area contributed by atoms with Crippen molar-refractivity contribution < 1.29 is 24.2 Å². The summed E-state index contributed by atoms with van der Waals surface area (Å²) >= 11 is 5.89. The van der Waals surface area contributed by atoms with Gasteiger partial charge in [0.05, 0.1) is 24.5 Å². The summed E-state index contributed by atoms with van der Waals surface area (Å²) in [4.78, 5) is 27.0. The third kappa shape index (κ3) is 5.80. The fourth-order valence-corrected chi connectivity index (χ4v) is 2.83. The first-order chi connectivity index (χ1) is 15.0. The molecule has 0 saturated heterocycles. The third-order valence-corrected chi connectivity index (χ3v) is 4.44. The SMILES string of the molecule is COc1cc(C=NNC(=O)c2cccnc2Cl)ccc1OCc1cccc(C(=O)O)c1. The number of amides is 1. The van der Waals surface area contributed by atoms with E-state index in [9.17, 15) is 9.59 Å². The Labute approximate surface area is 183 Å². The Morgan fingerprint density at radius 2 is 2.00 bits per heavy atom. The van der Waals surface area contributed by atoms with Crippen LogP contribution in [0, 0.1) is 0 Å². The second-order valence-corrected chi connectivity index (χ2v) is 6.60. The molecule has 0 bridgehead atoms. The zero-order chi connectivity index (χ0) is 22.2. The van der Waals surface area contributed by atoms with Gasteiger partial charge < -0.3 is 14.6 Å². The molecule has 0 unspecified atom stereocenters. The summed E-state index contributed by atoms with van der Waals surface area (Å²) < 4.78 is 11.1. The van der Waals surface area contributed by atoms with Crippen LogP contribution in [0.2, 0.25) is 5.15 Å². The van der Waals surface area contributed by atoms with Gasteiger partial charge in [-0.1, -0.05) is 23.7 Å². The number of aromatic carboxylic acids is 1. The fraction of sp³-hybridized carbons (Fsp3) is 0.0909. The van der Waals surface area contributed by atoms with Gasteiger partial charge in [0.2, 0.25) is 0 Å². The molecule has 0 spiro atoms. The van der Waals surface area contributed by atoms with Crippen LogP contribution in [0.3, 0.4) is 0 Å². The number of ether oxygens (including phenoxy) is 2. The average molecular weight is 440 g/mol. The van der Waals surface area contributed by atoms with E-state index in [-0.39, 0.29) is 22.9 Å². The van der Waals surface area contributed by atoms with Crippen LogP contribution in [-0.2, 0) is 6.61 Å². The van der Waals surface area contributed by atoms with Gasteiger partial charge in [0.15, 0.2) is 11.5 Å². The van der Waals surface area contributed by atoms with Crippen molar-refractivity contribution in [3.63, 3.8) is 0 Å². The number of halogens is 1. The number of hydrogen-bond acceptors (Lipinski definition) is 6. The lowest BCUT2D eigenvalue weighted by atomic mass is 10.1. The van der Waals surface area contributed by atoms with Gasteiger partial charge >= 0.3 is 5.97 Å². The van der Waals surface area contributed by atoms with Crippen molar-refractivity contribution in [2.24, 2.45) is 5.10 Å². The van der Waals surface area contributed by atoms with Crippen LogP contribution in [0.1, 0.15) is 31.8 Å². The van der Waals surface area contributed by atoms with Crippen molar-refractivity contribution in [3.8, 4) is 11.5 Å². The largest absolute Gasteiger partial charge is 0.493 e. The number of nitrogens with zero attached hydrogens (tertiary/aromatic N) is 2. The highest BCUT2D eigenvalue weighted by Crippen LogP contribution is 2.28. The number of carbonyl (C=O) groups is 2. The van der Waals surface area contributed by atoms with Crippen LogP contribution in [0.25, 0.3) is 0 Å². The molecule has 3 aromatic rings. The molecule has 158 valence electrons. The molecule has 1 amide bonds. The number of hydrazone groups is 1. The number of carbonyl (C=O) groups excluding carboxylic acids is 1. The first kappa shape index (κ1) is 21.8. The van der Waals surface area contributed by atoms with Gasteiger partial charge in [-0.05, 0) is 53.6 Å². The Kier molecular flexibility index (Phi) is 7.18. The smallest absolute Gasteiger partial charge is 0.335 e. The van der Waals surface area contributed by atoms with Gasteiger partial charge in [-0.2, -0.15) is 5.10 Å². The third-order valence-electron chi connectivity index (χ3n) is 4.14. The minimum atomic E-state index is -0.999. The van der Waals surface area contributed by atoms with E-state index >= 15 is 0 Å². The van der Waals surface area contributed by atoms with Crippen molar-refractivity contribution in [1.29, 1.82) is 0 Å². The molecular weight excluding hydrogens is 422 g/mol. The topological polar surface area (TPSA) is 110 Å². The first-order valence-electron chi connectivity index (χ1n) is 9.05. The lowest BCUT2D eigenvalue weighted by molar-refractivity contribution is 0.0696.